The zero-order valence-electron chi connectivity index (χ0n) is 29.1. The van der Waals surface area contributed by atoms with E-state index in [2.05, 4.69) is 94.2 Å². The number of carbonyl (C=O) groups is 2. The van der Waals surface area contributed by atoms with Gasteiger partial charge in [0.15, 0.2) is 16.6 Å². The number of rotatable bonds is 12. The molecule has 2 aromatic rings. The summed E-state index contributed by atoms with van der Waals surface area (Å²) in [5.41, 5.74) is 2.11. The molecule has 0 aliphatic rings. The zero-order chi connectivity index (χ0) is 34.1. The minimum atomic E-state index is -2.88. The van der Waals surface area contributed by atoms with Gasteiger partial charge in [0.25, 0.3) is 5.91 Å². The first kappa shape index (κ1) is 38.6. The molecule has 1 aromatic carbocycles. The molecule has 0 fully saturated rings. The van der Waals surface area contributed by atoms with E-state index < -0.39 is 32.3 Å². The van der Waals surface area contributed by atoms with E-state index >= 15 is 0 Å². The number of carbonyl (C=O) groups excluding carboxylic acids is 2. The van der Waals surface area contributed by atoms with Crippen LogP contribution in [0.15, 0.2) is 47.1 Å². The lowest BCUT2D eigenvalue weighted by Crippen LogP contribution is -2.41. The monoisotopic (exact) mass is 671 g/mol. The third-order valence-corrected chi connectivity index (χ3v) is 20.0. The Bertz CT molecular complexity index is 1480. The molecule has 0 radical (unpaired) electrons. The summed E-state index contributed by atoms with van der Waals surface area (Å²) in [6, 6.07) is 8.80. The molecule has 248 valence electrons. The SMILES string of the molecule is CC(=O)Nc1cccc(C#Cc2cncc(C(=O)N=S(=O)(CCCO[Si](C)(C)C(C)(C)C)CCCO[Si](C)(C)C(C)(C)C)c2)c1. The smallest absolute Gasteiger partial charge is 0.286 e. The number of amides is 2. The first-order chi connectivity index (χ1) is 20.6. The summed E-state index contributed by atoms with van der Waals surface area (Å²) in [6.07, 6.45) is 4.09. The van der Waals surface area contributed by atoms with Crippen molar-refractivity contribution in [2.24, 2.45) is 4.36 Å². The molecule has 0 spiro atoms. The van der Waals surface area contributed by atoms with Crippen molar-refractivity contribution in [3.8, 4) is 11.8 Å². The number of hydrogen-bond donors (Lipinski definition) is 1. The normalized spacial score (nSPS) is 12.7. The highest BCUT2D eigenvalue weighted by atomic mass is 32.2. The van der Waals surface area contributed by atoms with Gasteiger partial charge in [0.2, 0.25) is 5.91 Å². The van der Waals surface area contributed by atoms with Crippen molar-refractivity contribution < 1.29 is 22.6 Å². The number of benzene rings is 1. The van der Waals surface area contributed by atoms with Crippen LogP contribution >= 0.6 is 0 Å². The van der Waals surface area contributed by atoms with Gasteiger partial charge in [-0.05, 0) is 73.4 Å². The number of anilines is 1. The van der Waals surface area contributed by atoms with Crippen LogP contribution in [0.25, 0.3) is 0 Å². The van der Waals surface area contributed by atoms with Crippen molar-refractivity contribution in [1.82, 2.24) is 4.98 Å². The summed E-state index contributed by atoms with van der Waals surface area (Å²) >= 11 is 0. The van der Waals surface area contributed by atoms with Crippen LogP contribution in [0.1, 0.15) is 82.8 Å². The number of aromatic nitrogens is 1. The quantitative estimate of drug-likeness (QED) is 0.140. The number of pyridine rings is 1. The molecule has 2 rings (SSSR count). The van der Waals surface area contributed by atoms with Gasteiger partial charge in [-0.15, -0.1) is 0 Å². The number of nitrogens with one attached hydrogen (secondary N) is 1. The molecule has 11 heteroatoms. The summed E-state index contributed by atoms with van der Waals surface area (Å²) in [5.74, 6) is 5.86. The predicted octanol–water partition coefficient (Wildman–Crippen LogP) is 7.87. The highest BCUT2D eigenvalue weighted by molar-refractivity contribution is 7.93. The Morgan fingerprint density at radius 3 is 1.91 bits per heavy atom. The van der Waals surface area contributed by atoms with E-state index in [4.69, 9.17) is 8.85 Å². The van der Waals surface area contributed by atoms with Crippen LogP contribution in [0.2, 0.25) is 36.3 Å². The van der Waals surface area contributed by atoms with Crippen molar-refractivity contribution in [2.45, 2.75) is 97.6 Å². The van der Waals surface area contributed by atoms with Crippen LogP contribution in [0, 0.1) is 11.8 Å². The molecular weight excluding hydrogens is 619 g/mol. The fraction of sp³-hybridized carbons (Fsp3) is 0.559. The third kappa shape index (κ3) is 12.6. The molecule has 0 saturated carbocycles. The van der Waals surface area contributed by atoms with E-state index in [1.165, 1.54) is 13.1 Å². The first-order valence-corrected chi connectivity index (χ1v) is 23.2. The van der Waals surface area contributed by atoms with E-state index in [1.807, 2.05) is 6.07 Å². The standard InChI is InChI=1S/C34H53N3O5SSi2/c1-27(38)36-31-16-12-15-28(24-31)17-18-29-23-30(26-35-25-29)32(39)37-43(40,21-13-19-41-44(8,9)33(2,3)4)22-14-20-42-45(10,11)34(5,6)7/h12,15-16,23-26H,13-14,19-22H2,1-11H3,(H,36,38). The summed E-state index contributed by atoms with van der Waals surface area (Å²) < 4.78 is 31.1. The van der Waals surface area contributed by atoms with Crippen LogP contribution in [0.3, 0.4) is 0 Å². The van der Waals surface area contributed by atoms with Crippen molar-refractivity contribution in [1.29, 1.82) is 0 Å². The van der Waals surface area contributed by atoms with Gasteiger partial charge in [0.1, 0.15) is 0 Å². The lowest BCUT2D eigenvalue weighted by atomic mass is 10.1. The van der Waals surface area contributed by atoms with Crippen molar-refractivity contribution in [2.75, 3.05) is 30.0 Å². The second-order valence-corrected chi connectivity index (χ2v) is 26.6. The fourth-order valence-corrected chi connectivity index (χ4v) is 7.81. The molecule has 2 amide bonds. The fourth-order valence-electron chi connectivity index (χ4n) is 3.70. The summed E-state index contributed by atoms with van der Waals surface area (Å²) in [4.78, 5) is 28.9. The van der Waals surface area contributed by atoms with E-state index in [1.54, 1.807) is 30.5 Å². The highest BCUT2D eigenvalue weighted by Crippen LogP contribution is 2.37. The van der Waals surface area contributed by atoms with Crippen LogP contribution < -0.4 is 5.32 Å². The van der Waals surface area contributed by atoms with Gasteiger partial charge >= 0.3 is 0 Å². The number of nitrogens with zero attached hydrogens (tertiary/aromatic N) is 2. The molecule has 0 aliphatic carbocycles. The van der Waals surface area contributed by atoms with Gasteiger partial charge in [-0.3, -0.25) is 14.6 Å². The van der Waals surface area contributed by atoms with Crippen molar-refractivity contribution in [3.63, 3.8) is 0 Å². The van der Waals surface area contributed by atoms with Gasteiger partial charge in [-0.25, -0.2) is 4.21 Å². The second kappa shape index (κ2) is 15.8. The Morgan fingerprint density at radius 2 is 1.40 bits per heavy atom. The van der Waals surface area contributed by atoms with Gasteiger partial charge in [-0.2, -0.15) is 4.36 Å². The Labute approximate surface area is 273 Å². The number of hydrogen-bond acceptors (Lipinski definition) is 6. The molecule has 0 unspecified atom stereocenters. The van der Waals surface area contributed by atoms with Crippen molar-refractivity contribution in [3.05, 3.63) is 59.4 Å². The van der Waals surface area contributed by atoms with E-state index in [9.17, 15) is 13.8 Å². The largest absolute Gasteiger partial charge is 0.417 e. The Morgan fingerprint density at radius 1 is 0.867 bits per heavy atom. The molecule has 1 heterocycles. The summed E-state index contributed by atoms with van der Waals surface area (Å²) in [6.45, 7) is 24.3. The van der Waals surface area contributed by atoms with Crippen molar-refractivity contribution >= 4 is 43.9 Å². The zero-order valence-corrected chi connectivity index (χ0v) is 31.9. The molecule has 0 atom stereocenters. The van der Waals surface area contributed by atoms with Crippen LogP contribution in [-0.4, -0.2) is 62.4 Å². The maximum absolute atomic E-state index is 14.2. The molecule has 1 N–H and O–H groups in total. The van der Waals surface area contributed by atoms with E-state index in [-0.39, 0.29) is 33.1 Å². The Kier molecular flexibility index (Phi) is 13.5. The second-order valence-electron chi connectivity index (χ2n) is 14.5. The van der Waals surface area contributed by atoms with Crippen LogP contribution in [-0.2, 0) is 23.4 Å². The minimum Gasteiger partial charge on any atom is -0.417 e. The molecular formula is C34H53N3O5SSi2. The van der Waals surface area contributed by atoms with Gasteiger partial charge in [0.05, 0.1) is 15.3 Å². The maximum Gasteiger partial charge on any atom is 0.286 e. The Hall–Kier alpha value is -2.63. The molecule has 1 aromatic heterocycles. The Balaban J connectivity index is 2.26. The van der Waals surface area contributed by atoms with Gasteiger partial charge < -0.3 is 14.2 Å². The average molecular weight is 672 g/mol. The topological polar surface area (TPSA) is 107 Å². The summed E-state index contributed by atoms with van der Waals surface area (Å²) in [5, 5.41) is 2.89. The van der Waals surface area contributed by atoms with Crippen LogP contribution in [0.5, 0.6) is 0 Å². The molecule has 0 saturated heterocycles. The van der Waals surface area contributed by atoms with Crippen LogP contribution in [0.4, 0.5) is 5.69 Å². The molecule has 45 heavy (non-hydrogen) atoms. The van der Waals surface area contributed by atoms with E-state index in [0.717, 1.165) is 0 Å². The summed E-state index contributed by atoms with van der Waals surface area (Å²) in [7, 11) is -6.78. The molecule has 0 bridgehead atoms. The maximum atomic E-state index is 14.2. The third-order valence-electron chi connectivity index (χ3n) is 8.52. The lowest BCUT2D eigenvalue weighted by molar-refractivity contribution is -0.114. The highest BCUT2D eigenvalue weighted by Gasteiger charge is 2.38. The first-order valence-electron chi connectivity index (χ1n) is 15.5. The average Bonchev–Trinajstić information content (AvgIpc) is 2.91. The molecule has 8 nitrogen and oxygen atoms in total. The van der Waals surface area contributed by atoms with E-state index in [0.29, 0.717) is 42.9 Å². The van der Waals surface area contributed by atoms with Gasteiger partial charge in [0, 0.05) is 60.9 Å². The molecule has 0 aliphatic heterocycles. The lowest BCUT2D eigenvalue weighted by Gasteiger charge is -2.36. The van der Waals surface area contributed by atoms with Gasteiger partial charge in [-0.1, -0.05) is 59.4 Å². The minimum absolute atomic E-state index is 0.0744. The predicted molar refractivity (Wildman–Crippen MR) is 191 cm³/mol.